The fourth-order valence-corrected chi connectivity index (χ4v) is 9.06. The third-order valence-corrected chi connectivity index (χ3v) is 12.4. The van der Waals surface area contributed by atoms with Crippen molar-refractivity contribution in [2.24, 2.45) is 11.8 Å². The SMILES string of the molecule is N#Cc1ccc(O[C@H]2CC[C@H](C(=O)Nc3ccc(N4CCC(CN5CCN(c6ccc7c(c6)CN(C6CCC(=O)NC6=O)C7=O)CC5)CC4)nc3)CC2)cc1Cl. The number of halogens is 1. The van der Waals surface area contributed by atoms with Crippen LogP contribution in [0.25, 0.3) is 0 Å². The molecule has 5 heterocycles. The van der Waals surface area contributed by atoms with Crippen molar-refractivity contribution < 1.29 is 23.9 Å². The number of pyridine rings is 1. The highest BCUT2D eigenvalue weighted by molar-refractivity contribution is 6.31. The summed E-state index contributed by atoms with van der Waals surface area (Å²) in [6.45, 7) is 7.17. The third-order valence-electron chi connectivity index (χ3n) is 12.1. The molecular formula is C42H47ClN8O5. The molecule has 4 aliphatic heterocycles. The molecule has 4 fully saturated rings. The summed E-state index contributed by atoms with van der Waals surface area (Å²) < 4.78 is 6.08. The molecule has 5 aliphatic rings. The maximum atomic E-state index is 13.1. The molecule has 56 heavy (non-hydrogen) atoms. The number of ether oxygens (including phenoxy) is 1. The fourth-order valence-electron chi connectivity index (χ4n) is 8.84. The molecule has 1 unspecified atom stereocenters. The first-order chi connectivity index (χ1) is 27.2. The molecule has 1 aliphatic carbocycles. The van der Waals surface area contributed by atoms with Gasteiger partial charge in [-0.05, 0) is 98.9 Å². The van der Waals surface area contributed by atoms with Gasteiger partial charge in [0.1, 0.15) is 23.7 Å². The molecule has 14 heteroatoms. The van der Waals surface area contributed by atoms with E-state index in [0.29, 0.717) is 46.5 Å². The Morgan fingerprint density at radius 1 is 0.911 bits per heavy atom. The van der Waals surface area contributed by atoms with Gasteiger partial charge in [0, 0.05) is 82.0 Å². The van der Waals surface area contributed by atoms with Gasteiger partial charge in [-0.15, -0.1) is 0 Å². The number of nitriles is 1. The Kier molecular flexibility index (Phi) is 11.1. The number of benzene rings is 2. The number of nitrogens with one attached hydrogen (secondary N) is 2. The minimum Gasteiger partial charge on any atom is -0.490 e. The molecular weight excluding hydrogens is 732 g/mol. The van der Waals surface area contributed by atoms with Gasteiger partial charge in [0.25, 0.3) is 5.91 Å². The van der Waals surface area contributed by atoms with Crippen molar-refractivity contribution >= 4 is 52.4 Å². The summed E-state index contributed by atoms with van der Waals surface area (Å²) in [5, 5.41) is 14.9. The van der Waals surface area contributed by atoms with Crippen LogP contribution >= 0.6 is 11.6 Å². The van der Waals surface area contributed by atoms with Crippen LogP contribution in [0, 0.1) is 23.2 Å². The number of carbonyl (C=O) groups is 4. The molecule has 1 saturated carbocycles. The minimum atomic E-state index is -0.601. The van der Waals surface area contributed by atoms with E-state index in [1.54, 1.807) is 29.3 Å². The lowest BCUT2D eigenvalue weighted by atomic mass is 9.86. The highest BCUT2D eigenvalue weighted by Gasteiger charge is 2.39. The zero-order valence-corrected chi connectivity index (χ0v) is 32.2. The molecule has 2 N–H and O–H groups in total. The summed E-state index contributed by atoms with van der Waals surface area (Å²) in [6.07, 6.45) is 7.62. The second kappa shape index (κ2) is 16.5. The maximum Gasteiger partial charge on any atom is 0.255 e. The quantitative estimate of drug-likeness (QED) is 0.285. The number of piperidine rings is 2. The molecule has 1 aromatic heterocycles. The van der Waals surface area contributed by atoms with Gasteiger partial charge < -0.3 is 24.8 Å². The predicted molar refractivity (Wildman–Crippen MR) is 211 cm³/mol. The van der Waals surface area contributed by atoms with E-state index in [2.05, 4.69) is 37.5 Å². The second-order valence-corrected chi connectivity index (χ2v) is 16.1. The highest BCUT2D eigenvalue weighted by atomic mass is 35.5. The zero-order chi connectivity index (χ0) is 38.8. The zero-order valence-electron chi connectivity index (χ0n) is 31.4. The summed E-state index contributed by atoms with van der Waals surface area (Å²) in [6, 6.07) is 16.5. The van der Waals surface area contributed by atoms with E-state index in [1.807, 2.05) is 24.3 Å². The smallest absolute Gasteiger partial charge is 0.255 e. The first kappa shape index (κ1) is 37.7. The van der Waals surface area contributed by atoms with Gasteiger partial charge in [0.15, 0.2) is 0 Å². The summed E-state index contributed by atoms with van der Waals surface area (Å²) in [7, 11) is 0. The van der Waals surface area contributed by atoms with Crippen LogP contribution in [0.15, 0.2) is 54.7 Å². The van der Waals surface area contributed by atoms with Crippen molar-refractivity contribution in [1.29, 1.82) is 5.26 Å². The molecule has 3 saturated heterocycles. The van der Waals surface area contributed by atoms with Crippen LogP contribution < -0.4 is 25.2 Å². The molecule has 0 bridgehead atoms. The number of piperazine rings is 1. The van der Waals surface area contributed by atoms with Crippen molar-refractivity contribution in [3.63, 3.8) is 0 Å². The summed E-state index contributed by atoms with van der Waals surface area (Å²) >= 11 is 6.15. The van der Waals surface area contributed by atoms with E-state index >= 15 is 0 Å². The summed E-state index contributed by atoms with van der Waals surface area (Å²) in [4.78, 5) is 63.8. The average Bonchev–Trinajstić information content (AvgIpc) is 3.54. The molecule has 13 nitrogen and oxygen atoms in total. The van der Waals surface area contributed by atoms with Crippen LogP contribution in [0.3, 0.4) is 0 Å². The van der Waals surface area contributed by atoms with Crippen molar-refractivity contribution in [2.45, 2.75) is 70.1 Å². The summed E-state index contributed by atoms with van der Waals surface area (Å²) in [5.41, 5.74) is 3.82. The van der Waals surface area contributed by atoms with Crippen LogP contribution in [0.2, 0.25) is 5.02 Å². The molecule has 292 valence electrons. The Hall–Kier alpha value is -5.19. The second-order valence-electron chi connectivity index (χ2n) is 15.7. The Balaban J connectivity index is 0.742. The molecule has 3 aromatic rings. The van der Waals surface area contributed by atoms with Crippen molar-refractivity contribution in [3.05, 3.63) is 76.4 Å². The topological polar surface area (TPSA) is 151 Å². The monoisotopic (exact) mass is 778 g/mol. The van der Waals surface area contributed by atoms with Gasteiger partial charge in [-0.1, -0.05) is 11.6 Å². The van der Waals surface area contributed by atoms with E-state index in [1.165, 1.54) is 0 Å². The number of hydrogen-bond acceptors (Lipinski definition) is 10. The van der Waals surface area contributed by atoms with Crippen molar-refractivity contribution in [3.8, 4) is 11.8 Å². The van der Waals surface area contributed by atoms with Gasteiger partial charge in [-0.25, -0.2) is 4.98 Å². The Bertz CT molecular complexity index is 2010. The lowest BCUT2D eigenvalue weighted by Crippen LogP contribution is -2.52. The first-order valence-corrected chi connectivity index (χ1v) is 20.2. The van der Waals surface area contributed by atoms with Gasteiger partial charge in [0.05, 0.1) is 28.6 Å². The van der Waals surface area contributed by atoms with Gasteiger partial charge >= 0.3 is 0 Å². The molecule has 4 amide bonds. The fraction of sp³-hybridized carbons (Fsp3) is 0.476. The molecule has 2 aromatic carbocycles. The van der Waals surface area contributed by atoms with Gasteiger partial charge in [-0.2, -0.15) is 5.26 Å². The number of hydrogen-bond donors (Lipinski definition) is 2. The van der Waals surface area contributed by atoms with Crippen LogP contribution in [0.5, 0.6) is 5.75 Å². The lowest BCUT2D eigenvalue weighted by Gasteiger charge is -2.40. The van der Waals surface area contributed by atoms with E-state index in [9.17, 15) is 19.2 Å². The minimum absolute atomic E-state index is 0.0125. The van der Waals surface area contributed by atoms with E-state index < -0.39 is 6.04 Å². The van der Waals surface area contributed by atoms with Gasteiger partial charge in [-0.3, -0.25) is 29.4 Å². The Labute approximate surface area is 331 Å². The number of aromatic nitrogens is 1. The average molecular weight is 779 g/mol. The van der Waals surface area contributed by atoms with Crippen molar-refractivity contribution in [1.82, 2.24) is 20.1 Å². The molecule has 1 atom stereocenters. The first-order valence-electron chi connectivity index (χ1n) is 19.8. The van der Waals surface area contributed by atoms with E-state index in [0.717, 1.165) is 101 Å². The van der Waals surface area contributed by atoms with E-state index in [4.69, 9.17) is 26.6 Å². The van der Waals surface area contributed by atoms with Crippen LogP contribution in [0.1, 0.15) is 72.9 Å². The molecule has 8 rings (SSSR count). The predicted octanol–water partition coefficient (Wildman–Crippen LogP) is 4.98. The molecule has 0 radical (unpaired) electrons. The molecule has 0 spiro atoms. The Morgan fingerprint density at radius 3 is 2.39 bits per heavy atom. The number of amides is 4. The number of fused-ring (bicyclic) bond motifs is 1. The number of imide groups is 1. The van der Waals surface area contributed by atoms with Crippen LogP contribution in [-0.2, 0) is 20.9 Å². The third kappa shape index (κ3) is 8.32. The highest BCUT2D eigenvalue weighted by Crippen LogP contribution is 2.33. The Morgan fingerprint density at radius 2 is 1.70 bits per heavy atom. The number of anilines is 3. The van der Waals surface area contributed by atoms with Gasteiger partial charge in [0.2, 0.25) is 17.7 Å². The van der Waals surface area contributed by atoms with Crippen LogP contribution in [0.4, 0.5) is 17.2 Å². The van der Waals surface area contributed by atoms with Crippen molar-refractivity contribution in [2.75, 3.05) is 60.9 Å². The number of nitrogens with zero attached hydrogens (tertiary/aromatic N) is 6. The lowest BCUT2D eigenvalue weighted by molar-refractivity contribution is -0.137. The number of carbonyl (C=O) groups excluding carboxylic acids is 4. The van der Waals surface area contributed by atoms with Crippen LogP contribution in [-0.4, -0.2) is 96.4 Å². The standard InChI is InChI=1S/C42H47ClN8O5/c43-36-22-34(8-3-29(36)23-44)56-33-6-1-28(2-7-33)40(53)46-31-4-11-38(45-24-31)50-15-13-27(14-16-50)25-48-17-19-49(20-18-48)32-5-9-35-30(21-32)26-51(42(35)55)37-10-12-39(52)47-41(37)54/h3-5,8-9,11,21-22,24,27-28,33,37H,1-2,6-7,10,12-20,25-26H2,(H,46,53)(H,47,52,54)/t28-,33-,37?. The largest absolute Gasteiger partial charge is 0.490 e. The normalized spacial score (nSPS) is 23.4. The maximum absolute atomic E-state index is 13.1. The van der Waals surface area contributed by atoms with E-state index in [-0.39, 0.29) is 42.1 Å². The summed E-state index contributed by atoms with van der Waals surface area (Å²) in [5.74, 6) is 1.35. The number of rotatable bonds is 9.